The summed E-state index contributed by atoms with van der Waals surface area (Å²) in [6, 6.07) is -0.291. The van der Waals surface area contributed by atoms with Gasteiger partial charge in [-0.1, -0.05) is 20.8 Å². The van der Waals surface area contributed by atoms with Crippen molar-refractivity contribution in [1.29, 1.82) is 0 Å². The zero-order chi connectivity index (χ0) is 14.0. The highest BCUT2D eigenvalue weighted by molar-refractivity contribution is 5.74. The third-order valence-corrected chi connectivity index (χ3v) is 5.06. The summed E-state index contributed by atoms with van der Waals surface area (Å²) in [7, 11) is 0. The van der Waals surface area contributed by atoms with Gasteiger partial charge in [0.15, 0.2) is 0 Å². The van der Waals surface area contributed by atoms with Crippen LogP contribution in [-0.4, -0.2) is 23.7 Å². The zero-order valence-corrected chi connectivity index (χ0v) is 12.6. The highest BCUT2D eigenvalue weighted by Gasteiger charge is 2.36. The lowest BCUT2D eigenvalue weighted by Gasteiger charge is -2.37. The van der Waals surface area contributed by atoms with Crippen molar-refractivity contribution in [2.45, 2.75) is 65.3 Å². The lowest BCUT2D eigenvalue weighted by atomic mass is 9.70. The van der Waals surface area contributed by atoms with Crippen LogP contribution in [-0.2, 0) is 4.79 Å². The maximum atomic E-state index is 11.2. The molecule has 19 heavy (non-hydrogen) atoms. The minimum Gasteiger partial charge on any atom is -0.480 e. The van der Waals surface area contributed by atoms with Gasteiger partial charge in [0.25, 0.3) is 0 Å². The van der Waals surface area contributed by atoms with Gasteiger partial charge in [-0.2, -0.15) is 0 Å². The Morgan fingerprint density at radius 3 is 2.16 bits per heavy atom. The van der Waals surface area contributed by atoms with Gasteiger partial charge in [0, 0.05) is 0 Å². The first-order chi connectivity index (χ1) is 8.88. The molecule has 110 valence electrons. The summed E-state index contributed by atoms with van der Waals surface area (Å²) in [5.41, 5.74) is 0.427. The second kappa shape index (κ2) is 5.82. The number of hydrogen-bond acceptors (Lipinski definition) is 2. The standard InChI is InChI=1S/C16H29NO2/c1-16(2,3)13-8-4-11(5-9-13)10-17-14(15(18)19)12-6-7-12/h11-14,17H,4-10H2,1-3H3,(H,18,19). The van der Waals surface area contributed by atoms with Crippen LogP contribution in [0.15, 0.2) is 0 Å². The first-order valence-electron chi connectivity index (χ1n) is 7.84. The SMILES string of the molecule is CC(C)(C)C1CCC(CNC(C(=O)O)C2CC2)CC1. The molecule has 2 aliphatic carbocycles. The van der Waals surface area contributed by atoms with Crippen molar-refractivity contribution < 1.29 is 9.90 Å². The Bertz CT molecular complexity index is 309. The number of carbonyl (C=O) groups is 1. The quantitative estimate of drug-likeness (QED) is 0.803. The fourth-order valence-corrected chi connectivity index (χ4v) is 3.41. The van der Waals surface area contributed by atoms with Crippen LogP contribution in [0.25, 0.3) is 0 Å². The predicted octanol–water partition coefficient (Wildman–Crippen LogP) is 3.29. The van der Waals surface area contributed by atoms with Crippen LogP contribution in [0, 0.1) is 23.2 Å². The molecule has 0 radical (unpaired) electrons. The van der Waals surface area contributed by atoms with Crippen molar-refractivity contribution in [1.82, 2.24) is 5.32 Å². The van der Waals surface area contributed by atoms with Gasteiger partial charge in [0.05, 0.1) is 0 Å². The molecule has 0 bridgehead atoms. The Labute approximate surface area is 117 Å². The van der Waals surface area contributed by atoms with Crippen LogP contribution < -0.4 is 5.32 Å². The topological polar surface area (TPSA) is 49.3 Å². The van der Waals surface area contributed by atoms with Crippen LogP contribution in [0.2, 0.25) is 0 Å². The van der Waals surface area contributed by atoms with E-state index >= 15 is 0 Å². The highest BCUT2D eigenvalue weighted by Crippen LogP contribution is 2.40. The fourth-order valence-electron chi connectivity index (χ4n) is 3.41. The molecule has 2 N–H and O–H groups in total. The first kappa shape index (κ1) is 14.8. The molecular weight excluding hydrogens is 238 g/mol. The molecule has 0 spiro atoms. The molecular formula is C16H29NO2. The first-order valence-corrected chi connectivity index (χ1v) is 7.84. The summed E-state index contributed by atoms with van der Waals surface area (Å²) in [5, 5.41) is 12.5. The number of rotatable bonds is 5. The number of carboxylic acids is 1. The number of hydrogen-bond donors (Lipinski definition) is 2. The molecule has 1 unspecified atom stereocenters. The van der Waals surface area contributed by atoms with Crippen LogP contribution in [0.1, 0.15) is 59.3 Å². The van der Waals surface area contributed by atoms with E-state index in [1.54, 1.807) is 0 Å². The molecule has 2 aliphatic rings. The number of nitrogens with one attached hydrogen (secondary N) is 1. The average molecular weight is 267 g/mol. The minimum absolute atomic E-state index is 0.291. The van der Waals surface area contributed by atoms with E-state index in [1.165, 1.54) is 25.7 Å². The van der Waals surface area contributed by atoms with Crippen molar-refractivity contribution in [3.05, 3.63) is 0 Å². The van der Waals surface area contributed by atoms with E-state index in [-0.39, 0.29) is 6.04 Å². The summed E-state index contributed by atoms with van der Waals surface area (Å²) in [6.07, 6.45) is 7.29. The third-order valence-electron chi connectivity index (χ3n) is 5.06. The molecule has 0 amide bonds. The maximum Gasteiger partial charge on any atom is 0.320 e. The van der Waals surface area contributed by atoms with Gasteiger partial charge in [0.1, 0.15) is 6.04 Å². The van der Waals surface area contributed by atoms with Crippen molar-refractivity contribution in [3.8, 4) is 0 Å². The predicted molar refractivity (Wildman–Crippen MR) is 77.1 cm³/mol. The summed E-state index contributed by atoms with van der Waals surface area (Å²) in [5.74, 6) is 1.25. The fraction of sp³-hybridized carbons (Fsp3) is 0.938. The molecule has 3 nitrogen and oxygen atoms in total. The molecule has 0 aromatic carbocycles. The lowest BCUT2D eigenvalue weighted by Crippen LogP contribution is -2.42. The van der Waals surface area contributed by atoms with Crippen molar-refractivity contribution in [2.24, 2.45) is 23.2 Å². The largest absolute Gasteiger partial charge is 0.480 e. The summed E-state index contributed by atoms with van der Waals surface area (Å²) in [4.78, 5) is 11.2. The molecule has 2 saturated carbocycles. The van der Waals surface area contributed by atoms with E-state index in [4.69, 9.17) is 0 Å². The Morgan fingerprint density at radius 2 is 1.74 bits per heavy atom. The average Bonchev–Trinajstić information content (AvgIpc) is 3.13. The van der Waals surface area contributed by atoms with Gasteiger partial charge < -0.3 is 10.4 Å². The van der Waals surface area contributed by atoms with Crippen LogP contribution >= 0.6 is 0 Å². The number of carboxylic acid groups (broad SMARTS) is 1. The summed E-state index contributed by atoms with van der Waals surface area (Å²) >= 11 is 0. The summed E-state index contributed by atoms with van der Waals surface area (Å²) in [6.45, 7) is 7.90. The zero-order valence-electron chi connectivity index (χ0n) is 12.6. The van der Waals surface area contributed by atoms with E-state index < -0.39 is 5.97 Å². The maximum absolute atomic E-state index is 11.2. The van der Waals surface area contributed by atoms with Gasteiger partial charge in [-0.3, -0.25) is 4.79 Å². The van der Waals surface area contributed by atoms with Crippen molar-refractivity contribution in [2.75, 3.05) is 6.54 Å². The van der Waals surface area contributed by atoms with Crippen molar-refractivity contribution >= 4 is 5.97 Å². The molecule has 0 aromatic rings. The highest BCUT2D eigenvalue weighted by atomic mass is 16.4. The number of aliphatic carboxylic acids is 1. The van der Waals surface area contributed by atoms with Crippen LogP contribution in [0.4, 0.5) is 0 Å². The summed E-state index contributed by atoms with van der Waals surface area (Å²) < 4.78 is 0. The molecule has 3 heteroatoms. The normalized spacial score (nSPS) is 30.1. The Kier molecular flexibility index (Phi) is 4.54. The smallest absolute Gasteiger partial charge is 0.320 e. The van der Waals surface area contributed by atoms with Gasteiger partial charge in [-0.25, -0.2) is 0 Å². The molecule has 0 heterocycles. The Balaban J connectivity index is 1.72. The lowest BCUT2D eigenvalue weighted by molar-refractivity contribution is -0.140. The van der Waals surface area contributed by atoms with E-state index in [0.29, 0.717) is 17.3 Å². The van der Waals surface area contributed by atoms with E-state index in [0.717, 1.165) is 25.3 Å². The van der Waals surface area contributed by atoms with Crippen molar-refractivity contribution in [3.63, 3.8) is 0 Å². The second-order valence-corrected chi connectivity index (χ2v) is 7.65. The Morgan fingerprint density at radius 1 is 1.16 bits per heavy atom. The van der Waals surface area contributed by atoms with Crippen LogP contribution in [0.3, 0.4) is 0 Å². The van der Waals surface area contributed by atoms with Gasteiger partial charge in [-0.15, -0.1) is 0 Å². The monoisotopic (exact) mass is 267 g/mol. The minimum atomic E-state index is -0.661. The molecule has 2 fully saturated rings. The third kappa shape index (κ3) is 4.20. The van der Waals surface area contributed by atoms with E-state index in [9.17, 15) is 9.90 Å². The molecule has 1 atom stereocenters. The van der Waals surface area contributed by atoms with E-state index in [1.807, 2.05) is 0 Å². The van der Waals surface area contributed by atoms with E-state index in [2.05, 4.69) is 26.1 Å². The Hall–Kier alpha value is -0.570. The molecule has 0 saturated heterocycles. The van der Waals surface area contributed by atoms with Gasteiger partial charge in [0.2, 0.25) is 0 Å². The van der Waals surface area contributed by atoms with Crippen LogP contribution in [0.5, 0.6) is 0 Å². The molecule has 0 aromatic heterocycles. The molecule has 0 aliphatic heterocycles. The molecule has 2 rings (SSSR count). The van der Waals surface area contributed by atoms with Gasteiger partial charge >= 0.3 is 5.97 Å². The second-order valence-electron chi connectivity index (χ2n) is 7.65. The van der Waals surface area contributed by atoms with Gasteiger partial charge in [-0.05, 0) is 68.2 Å².